The molecule has 1 unspecified atom stereocenters. The average molecular weight is 309 g/mol. The highest BCUT2D eigenvalue weighted by atomic mass is 79.9. The normalized spacial score (nSPS) is 24.6. The molecule has 0 aromatic heterocycles. The van der Waals surface area contributed by atoms with Gasteiger partial charge in [0.2, 0.25) is 0 Å². The van der Waals surface area contributed by atoms with Crippen LogP contribution in [0.2, 0.25) is 0 Å². The Balaban J connectivity index is 1.54. The average Bonchev–Trinajstić information content (AvgIpc) is 3.11. The van der Waals surface area contributed by atoms with E-state index in [9.17, 15) is 0 Å². The fourth-order valence-corrected chi connectivity index (χ4v) is 3.01. The predicted molar refractivity (Wildman–Crippen MR) is 78.6 cm³/mol. The number of hydrogen-bond donors (Lipinski definition) is 1. The summed E-state index contributed by atoms with van der Waals surface area (Å²) in [6.07, 6.45) is 5.49. The first kappa shape index (κ1) is 12.6. The molecule has 2 fully saturated rings. The Labute approximate surface area is 118 Å². The lowest BCUT2D eigenvalue weighted by atomic mass is 10.2. The SMILES string of the molecule is Brc1ccc(CN2CCCC2CNC2CC2)cc1. The summed E-state index contributed by atoms with van der Waals surface area (Å²) in [5, 5.41) is 3.67. The first-order valence-electron chi connectivity index (χ1n) is 7.03. The Morgan fingerprint density at radius 3 is 2.67 bits per heavy atom. The summed E-state index contributed by atoms with van der Waals surface area (Å²) in [4.78, 5) is 2.64. The third-order valence-electron chi connectivity index (χ3n) is 4.02. The number of nitrogens with zero attached hydrogens (tertiary/aromatic N) is 1. The second kappa shape index (κ2) is 5.72. The molecule has 3 rings (SSSR count). The van der Waals surface area contributed by atoms with Gasteiger partial charge in [0.25, 0.3) is 0 Å². The molecule has 1 aliphatic carbocycles. The molecule has 0 radical (unpaired) electrons. The van der Waals surface area contributed by atoms with E-state index >= 15 is 0 Å². The van der Waals surface area contributed by atoms with Gasteiger partial charge in [-0.15, -0.1) is 0 Å². The molecule has 18 heavy (non-hydrogen) atoms. The van der Waals surface area contributed by atoms with E-state index in [0.717, 1.165) is 18.6 Å². The fourth-order valence-electron chi connectivity index (χ4n) is 2.75. The van der Waals surface area contributed by atoms with Gasteiger partial charge in [0, 0.05) is 29.6 Å². The maximum Gasteiger partial charge on any atom is 0.0237 e. The topological polar surface area (TPSA) is 15.3 Å². The van der Waals surface area contributed by atoms with Crippen molar-refractivity contribution in [3.05, 3.63) is 34.3 Å². The van der Waals surface area contributed by atoms with Gasteiger partial charge in [0.1, 0.15) is 0 Å². The van der Waals surface area contributed by atoms with Gasteiger partial charge in [-0.1, -0.05) is 28.1 Å². The summed E-state index contributed by atoms with van der Waals surface area (Å²) in [5.74, 6) is 0. The zero-order chi connectivity index (χ0) is 12.4. The number of rotatable bonds is 5. The van der Waals surface area contributed by atoms with Crippen molar-refractivity contribution in [1.82, 2.24) is 10.2 Å². The van der Waals surface area contributed by atoms with Crippen LogP contribution < -0.4 is 5.32 Å². The van der Waals surface area contributed by atoms with Crippen LogP contribution in [0.5, 0.6) is 0 Å². The molecular weight excluding hydrogens is 288 g/mol. The van der Waals surface area contributed by atoms with Gasteiger partial charge in [-0.3, -0.25) is 4.90 Å². The van der Waals surface area contributed by atoms with Crippen LogP contribution in [0.15, 0.2) is 28.7 Å². The molecule has 1 aromatic carbocycles. The van der Waals surface area contributed by atoms with E-state index in [0.29, 0.717) is 0 Å². The van der Waals surface area contributed by atoms with E-state index in [2.05, 4.69) is 50.4 Å². The minimum atomic E-state index is 0.745. The number of hydrogen-bond acceptors (Lipinski definition) is 2. The molecular formula is C15H21BrN2. The summed E-state index contributed by atoms with van der Waals surface area (Å²) < 4.78 is 1.17. The van der Waals surface area contributed by atoms with Crippen molar-refractivity contribution in [3.8, 4) is 0 Å². The van der Waals surface area contributed by atoms with Gasteiger partial charge in [-0.25, -0.2) is 0 Å². The van der Waals surface area contributed by atoms with Crippen LogP contribution in [0.3, 0.4) is 0 Å². The molecule has 1 saturated carbocycles. The summed E-state index contributed by atoms with van der Waals surface area (Å²) in [5.41, 5.74) is 1.43. The molecule has 0 bridgehead atoms. The lowest BCUT2D eigenvalue weighted by Crippen LogP contribution is -2.38. The Hall–Kier alpha value is -0.380. The van der Waals surface area contributed by atoms with Crippen LogP contribution in [0.4, 0.5) is 0 Å². The lowest BCUT2D eigenvalue weighted by Gasteiger charge is -2.25. The molecule has 0 amide bonds. The molecule has 2 aliphatic rings. The van der Waals surface area contributed by atoms with Crippen LogP contribution in [-0.2, 0) is 6.54 Å². The highest BCUT2D eigenvalue weighted by molar-refractivity contribution is 9.10. The quantitative estimate of drug-likeness (QED) is 0.899. The van der Waals surface area contributed by atoms with E-state index in [1.807, 2.05) is 0 Å². The zero-order valence-electron chi connectivity index (χ0n) is 10.7. The van der Waals surface area contributed by atoms with Crippen molar-refractivity contribution in [3.63, 3.8) is 0 Å². The maximum absolute atomic E-state index is 3.67. The molecule has 1 aromatic rings. The number of likely N-dealkylation sites (tertiary alicyclic amines) is 1. The van der Waals surface area contributed by atoms with Gasteiger partial charge < -0.3 is 5.32 Å². The summed E-state index contributed by atoms with van der Waals surface area (Å²) in [6, 6.07) is 10.3. The van der Waals surface area contributed by atoms with Crippen LogP contribution in [-0.4, -0.2) is 30.1 Å². The molecule has 1 saturated heterocycles. The van der Waals surface area contributed by atoms with Crippen molar-refractivity contribution < 1.29 is 0 Å². The molecule has 98 valence electrons. The van der Waals surface area contributed by atoms with Gasteiger partial charge in [-0.05, 0) is 49.9 Å². The Morgan fingerprint density at radius 1 is 1.17 bits per heavy atom. The minimum Gasteiger partial charge on any atom is -0.312 e. The highest BCUT2D eigenvalue weighted by Gasteiger charge is 2.27. The monoisotopic (exact) mass is 308 g/mol. The lowest BCUT2D eigenvalue weighted by molar-refractivity contribution is 0.239. The van der Waals surface area contributed by atoms with Crippen LogP contribution in [0.1, 0.15) is 31.2 Å². The first-order valence-corrected chi connectivity index (χ1v) is 7.82. The van der Waals surface area contributed by atoms with E-state index < -0.39 is 0 Å². The van der Waals surface area contributed by atoms with Gasteiger partial charge in [-0.2, -0.15) is 0 Å². The molecule has 1 N–H and O–H groups in total. The molecule has 2 nitrogen and oxygen atoms in total. The van der Waals surface area contributed by atoms with Crippen LogP contribution in [0.25, 0.3) is 0 Å². The predicted octanol–water partition coefficient (Wildman–Crippen LogP) is 3.17. The standard InChI is InChI=1S/C15H21BrN2/c16-13-5-3-12(4-6-13)11-18-9-1-2-15(18)10-17-14-7-8-14/h3-6,14-15,17H,1-2,7-11H2. The van der Waals surface area contributed by atoms with Gasteiger partial charge in [0.15, 0.2) is 0 Å². The van der Waals surface area contributed by atoms with E-state index in [1.54, 1.807) is 0 Å². The summed E-state index contributed by atoms with van der Waals surface area (Å²) in [7, 11) is 0. The third kappa shape index (κ3) is 3.34. The van der Waals surface area contributed by atoms with Crippen molar-refractivity contribution in [1.29, 1.82) is 0 Å². The van der Waals surface area contributed by atoms with E-state index in [4.69, 9.17) is 0 Å². The van der Waals surface area contributed by atoms with Gasteiger partial charge in [0.05, 0.1) is 0 Å². The zero-order valence-corrected chi connectivity index (χ0v) is 12.3. The second-order valence-corrected chi connectivity index (χ2v) is 6.49. The highest BCUT2D eigenvalue weighted by Crippen LogP contribution is 2.23. The van der Waals surface area contributed by atoms with Crippen molar-refractivity contribution in [2.24, 2.45) is 0 Å². The van der Waals surface area contributed by atoms with Gasteiger partial charge >= 0.3 is 0 Å². The molecule has 1 heterocycles. The molecule has 0 spiro atoms. The Kier molecular flexibility index (Phi) is 4.02. The second-order valence-electron chi connectivity index (χ2n) is 5.58. The summed E-state index contributed by atoms with van der Waals surface area (Å²) in [6.45, 7) is 3.54. The Morgan fingerprint density at radius 2 is 1.94 bits per heavy atom. The minimum absolute atomic E-state index is 0.745. The molecule has 1 atom stereocenters. The third-order valence-corrected chi connectivity index (χ3v) is 4.55. The van der Waals surface area contributed by atoms with Crippen molar-refractivity contribution >= 4 is 15.9 Å². The first-order chi connectivity index (χ1) is 8.81. The molecule has 1 aliphatic heterocycles. The fraction of sp³-hybridized carbons (Fsp3) is 0.600. The smallest absolute Gasteiger partial charge is 0.0237 e. The molecule has 3 heteroatoms. The van der Waals surface area contributed by atoms with E-state index in [1.165, 1.54) is 48.8 Å². The van der Waals surface area contributed by atoms with E-state index in [-0.39, 0.29) is 0 Å². The number of benzene rings is 1. The Bertz CT molecular complexity index is 386. The number of halogens is 1. The van der Waals surface area contributed by atoms with Crippen molar-refractivity contribution in [2.75, 3.05) is 13.1 Å². The largest absolute Gasteiger partial charge is 0.312 e. The van der Waals surface area contributed by atoms with Crippen LogP contribution >= 0.6 is 15.9 Å². The maximum atomic E-state index is 3.67. The summed E-state index contributed by atoms with van der Waals surface area (Å²) >= 11 is 3.49. The van der Waals surface area contributed by atoms with Crippen LogP contribution in [0, 0.1) is 0 Å². The van der Waals surface area contributed by atoms with Crippen molar-refractivity contribution in [2.45, 2.75) is 44.3 Å². The number of nitrogens with one attached hydrogen (secondary N) is 1.